The van der Waals surface area contributed by atoms with Gasteiger partial charge in [-0.25, -0.2) is 0 Å². The van der Waals surface area contributed by atoms with Crippen molar-refractivity contribution in [1.82, 2.24) is 4.90 Å². The molecule has 0 saturated heterocycles. The summed E-state index contributed by atoms with van der Waals surface area (Å²) < 4.78 is 0. The zero-order valence-electron chi connectivity index (χ0n) is 11.2. The van der Waals surface area contributed by atoms with E-state index in [9.17, 15) is 4.79 Å². The molecule has 3 nitrogen and oxygen atoms in total. The average Bonchev–Trinajstić information content (AvgIpc) is 2.27. The maximum absolute atomic E-state index is 11.7. The average molecular weight is 263 g/mol. The van der Waals surface area contributed by atoms with Gasteiger partial charge in [0.25, 0.3) is 0 Å². The Labute approximate surface area is 112 Å². The fourth-order valence-corrected chi connectivity index (χ4v) is 1.64. The van der Waals surface area contributed by atoms with Crippen LogP contribution < -0.4 is 5.73 Å². The van der Waals surface area contributed by atoms with E-state index in [2.05, 4.69) is 6.58 Å². The van der Waals surface area contributed by atoms with Gasteiger partial charge in [0, 0.05) is 13.6 Å². The number of allylic oxidation sites excluding steroid dienone is 1. The molecule has 17 heavy (non-hydrogen) atoms. The maximum atomic E-state index is 11.7. The van der Waals surface area contributed by atoms with E-state index in [0.29, 0.717) is 0 Å². The van der Waals surface area contributed by atoms with E-state index < -0.39 is 0 Å². The topological polar surface area (TPSA) is 46.3 Å². The Bertz CT molecular complexity index is 210. The highest BCUT2D eigenvalue weighted by Gasteiger charge is 2.16. The molecule has 0 heterocycles. The molecule has 0 aromatic heterocycles. The first-order valence-corrected chi connectivity index (χ1v) is 6.25. The zero-order chi connectivity index (χ0) is 12.4. The van der Waals surface area contributed by atoms with Crippen molar-refractivity contribution in [1.29, 1.82) is 0 Å². The first-order valence-electron chi connectivity index (χ1n) is 6.25. The molecule has 0 aliphatic rings. The number of carbonyl (C=O) groups is 1. The van der Waals surface area contributed by atoms with Gasteiger partial charge < -0.3 is 10.6 Å². The molecule has 0 aliphatic heterocycles. The van der Waals surface area contributed by atoms with Crippen LogP contribution in [-0.2, 0) is 4.79 Å². The van der Waals surface area contributed by atoms with Gasteiger partial charge in [0.15, 0.2) is 0 Å². The highest BCUT2D eigenvalue weighted by atomic mass is 35.5. The van der Waals surface area contributed by atoms with Crippen LogP contribution in [0.15, 0.2) is 12.7 Å². The molecule has 1 atom stereocenters. The third-order valence-electron chi connectivity index (χ3n) is 2.69. The molecule has 0 saturated carbocycles. The second-order valence-corrected chi connectivity index (χ2v) is 4.29. The Morgan fingerprint density at radius 3 is 2.59 bits per heavy atom. The van der Waals surface area contributed by atoms with E-state index in [1.807, 2.05) is 20.0 Å². The van der Waals surface area contributed by atoms with Gasteiger partial charge in [-0.2, -0.15) is 0 Å². The molecule has 0 radical (unpaired) electrons. The van der Waals surface area contributed by atoms with Gasteiger partial charge in [-0.1, -0.05) is 25.8 Å². The van der Waals surface area contributed by atoms with Gasteiger partial charge in [0.05, 0.1) is 6.04 Å². The van der Waals surface area contributed by atoms with Gasteiger partial charge in [-0.15, -0.1) is 19.0 Å². The van der Waals surface area contributed by atoms with Crippen LogP contribution in [0.5, 0.6) is 0 Å². The quantitative estimate of drug-likeness (QED) is 0.513. The van der Waals surface area contributed by atoms with Crippen molar-refractivity contribution in [2.24, 2.45) is 5.73 Å². The predicted molar refractivity (Wildman–Crippen MR) is 76.4 cm³/mol. The SMILES string of the molecule is C=CCCCCCN(C)C(=O)C(N)CCC.Cl. The molecule has 4 heteroatoms. The third-order valence-corrected chi connectivity index (χ3v) is 2.69. The number of hydrogen-bond acceptors (Lipinski definition) is 2. The normalized spacial score (nSPS) is 11.5. The van der Waals surface area contributed by atoms with E-state index in [1.54, 1.807) is 4.90 Å². The van der Waals surface area contributed by atoms with E-state index >= 15 is 0 Å². The second kappa shape index (κ2) is 11.9. The Balaban J connectivity index is 0. The highest BCUT2D eigenvalue weighted by Crippen LogP contribution is 2.03. The molecule has 0 aliphatic carbocycles. The number of nitrogens with zero attached hydrogens (tertiary/aromatic N) is 1. The Kier molecular flexibility index (Phi) is 13.2. The highest BCUT2D eigenvalue weighted by molar-refractivity contribution is 5.85. The molecular weight excluding hydrogens is 236 g/mol. The fraction of sp³-hybridized carbons (Fsp3) is 0.769. The number of hydrogen-bond donors (Lipinski definition) is 1. The predicted octanol–water partition coefficient (Wildman–Crippen LogP) is 2.74. The lowest BCUT2D eigenvalue weighted by Gasteiger charge is -2.20. The van der Waals surface area contributed by atoms with E-state index in [4.69, 9.17) is 5.73 Å². The Morgan fingerprint density at radius 2 is 2.06 bits per heavy atom. The smallest absolute Gasteiger partial charge is 0.239 e. The van der Waals surface area contributed by atoms with Crippen LogP contribution in [0.25, 0.3) is 0 Å². The van der Waals surface area contributed by atoms with Crippen molar-refractivity contribution >= 4 is 18.3 Å². The van der Waals surface area contributed by atoms with Crippen LogP contribution >= 0.6 is 12.4 Å². The van der Waals surface area contributed by atoms with Crippen LogP contribution in [0.4, 0.5) is 0 Å². The van der Waals surface area contributed by atoms with Crippen molar-refractivity contribution < 1.29 is 4.79 Å². The number of amides is 1. The summed E-state index contributed by atoms with van der Waals surface area (Å²) in [5, 5.41) is 0. The summed E-state index contributed by atoms with van der Waals surface area (Å²) in [5.74, 6) is 0.0746. The van der Waals surface area contributed by atoms with Crippen molar-refractivity contribution in [3.8, 4) is 0 Å². The van der Waals surface area contributed by atoms with Crippen molar-refractivity contribution in [2.75, 3.05) is 13.6 Å². The zero-order valence-corrected chi connectivity index (χ0v) is 12.0. The standard InChI is InChI=1S/C13H26N2O.ClH/c1-4-6-7-8-9-11-15(3)13(16)12(14)10-5-2;/h4,12H,1,5-11,14H2,2-3H3;1H. The lowest BCUT2D eigenvalue weighted by Crippen LogP contribution is -2.42. The Morgan fingerprint density at radius 1 is 1.41 bits per heavy atom. The molecular formula is C13H27ClN2O. The molecule has 0 aromatic rings. The summed E-state index contributed by atoms with van der Waals surface area (Å²) in [6.07, 6.45) is 8.09. The van der Waals surface area contributed by atoms with Gasteiger partial charge in [0.1, 0.15) is 0 Å². The molecule has 0 fully saturated rings. The summed E-state index contributed by atoms with van der Waals surface area (Å²) in [6.45, 7) is 6.54. The first kappa shape index (κ1) is 18.8. The lowest BCUT2D eigenvalue weighted by atomic mass is 10.1. The molecule has 1 amide bonds. The van der Waals surface area contributed by atoms with Crippen molar-refractivity contribution in [3.05, 3.63) is 12.7 Å². The number of likely N-dealkylation sites (N-methyl/N-ethyl adjacent to an activating group) is 1. The minimum atomic E-state index is -0.317. The van der Waals surface area contributed by atoms with E-state index in [-0.39, 0.29) is 24.4 Å². The molecule has 0 spiro atoms. The molecule has 2 N–H and O–H groups in total. The Hall–Kier alpha value is -0.540. The van der Waals surface area contributed by atoms with Crippen LogP contribution in [-0.4, -0.2) is 30.4 Å². The number of carbonyl (C=O) groups excluding carboxylic acids is 1. The fourth-order valence-electron chi connectivity index (χ4n) is 1.64. The number of rotatable bonds is 9. The van der Waals surface area contributed by atoms with E-state index in [0.717, 1.165) is 45.1 Å². The largest absolute Gasteiger partial charge is 0.344 e. The van der Waals surface area contributed by atoms with Gasteiger partial charge in [-0.3, -0.25) is 4.79 Å². The number of nitrogens with two attached hydrogens (primary N) is 1. The summed E-state index contributed by atoms with van der Waals surface area (Å²) in [4.78, 5) is 13.5. The third kappa shape index (κ3) is 9.19. The number of halogens is 1. The molecule has 1 unspecified atom stereocenters. The van der Waals surface area contributed by atoms with Crippen LogP contribution in [0.1, 0.15) is 45.4 Å². The minimum Gasteiger partial charge on any atom is -0.344 e. The molecule has 0 rings (SSSR count). The monoisotopic (exact) mass is 262 g/mol. The molecule has 0 bridgehead atoms. The first-order chi connectivity index (χ1) is 7.63. The second-order valence-electron chi connectivity index (χ2n) is 4.29. The summed E-state index contributed by atoms with van der Waals surface area (Å²) in [7, 11) is 1.84. The number of unbranched alkanes of at least 4 members (excludes halogenated alkanes) is 3. The maximum Gasteiger partial charge on any atom is 0.239 e. The molecule has 0 aromatic carbocycles. The van der Waals surface area contributed by atoms with Gasteiger partial charge in [-0.05, 0) is 25.7 Å². The van der Waals surface area contributed by atoms with Crippen molar-refractivity contribution in [2.45, 2.75) is 51.5 Å². The summed E-state index contributed by atoms with van der Waals surface area (Å²) >= 11 is 0. The lowest BCUT2D eigenvalue weighted by molar-refractivity contribution is -0.131. The van der Waals surface area contributed by atoms with Crippen LogP contribution in [0.2, 0.25) is 0 Å². The van der Waals surface area contributed by atoms with Crippen LogP contribution in [0, 0.1) is 0 Å². The van der Waals surface area contributed by atoms with Gasteiger partial charge in [0.2, 0.25) is 5.91 Å². The summed E-state index contributed by atoms with van der Waals surface area (Å²) in [5.41, 5.74) is 5.78. The van der Waals surface area contributed by atoms with Crippen molar-refractivity contribution in [3.63, 3.8) is 0 Å². The van der Waals surface area contributed by atoms with E-state index in [1.165, 1.54) is 0 Å². The van der Waals surface area contributed by atoms with Gasteiger partial charge >= 0.3 is 0 Å². The minimum absolute atomic E-state index is 0. The van der Waals surface area contributed by atoms with Crippen LogP contribution in [0.3, 0.4) is 0 Å². The summed E-state index contributed by atoms with van der Waals surface area (Å²) in [6, 6.07) is -0.317. The molecule has 102 valence electrons.